The van der Waals surface area contributed by atoms with Crippen LogP contribution in [0.1, 0.15) is 37.4 Å². The Morgan fingerprint density at radius 2 is 1.75 bits per heavy atom. The van der Waals surface area contributed by atoms with Crippen molar-refractivity contribution < 1.29 is 23.7 Å². The van der Waals surface area contributed by atoms with Crippen molar-refractivity contribution in [2.24, 2.45) is 0 Å². The highest BCUT2D eigenvalue weighted by Crippen LogP contribution is 2.39. The number of methoxy groups -OCH3 is 2. The summed E-state index contributed by atoms with van der Waals surface area (Å²) < 4.78 is 22.2. The molecule has 1 unspecified atom stereocenters. The number of nitrogens with one attached hydrogen (secondary N) is 1. The van der Waals surface area contributed by atoms with E-state index in [9.17, 15) is 4.79 Å². The number of carbonyl (C=O) groups is 1. The molecule has 0 spiro atoms. The van der Waals surface area contributed by atoms with Gasteiger partial charge >= 0.3 is 0 Å². The van der Waals surface area contributed by atoms with Crippen LogP contribution in [0.5, 0.6) is 23.0 Å². The summed E-state index contributed by atoms with van der Waals surface area (Å²) in [5, 5.41) is 3.07. The highest BCUT2D eigenvalue weighted by molar-refractivity contribution is 5.78. The Morgan fingerprint density at radius 3 is 2.39 bits per heavy atom. The lowest BCUT2D eigenvalue weighted by Gasteiger charge is -2.38. The standard InChI is InChI=1S/C22H27NO5/c1-14-6-7-18-19(12-22(2,3)28-20(18)8-14)23-21(24)13-27-17-10-15(25-4)9-16(11-17)26-5/h6-11,19H,12-13H2,1-5H3,(H,23,24). The van der Waals surface area contributed by atoms with Gasteiger partial charge < -0.3 is 24.3 Å². The fourth-order valence-corrected chi connectivity index (χ4v) is 3.34. The normalized spacial score (nSPS) is 17.1. The predicted octanol–water partition coefficient (Wildman–Crippen LogP) is 3.81. The Morgan fingerprint density at radius 1 is 1.11 bits per heavy atom. The monoisotopic (exact) mass is 385 g/mol. The van der Waals surface area contributed by atoms with Gasteiger partial charge in [0, 0.05) is 30.2 Å². The molecule has 6 nitrogen and oxygen atoms in total. The van der Waals surface area contributed by atoms with Gasteiger partial charge in [-0.2, -0.15) is 0 Å². The van der Waals surface area contributed by atoms with E-state index in [1.165, 1.54) is 0 Å². The zero-order valence-corrected chi connectivity index (χ0v) is 17.0. The van der Waals surface area contributed by atoms with Gasteiger partial charge in [-0.3, -0.25) is 4.79 Å². The van der Waals surface area contributed by atoms with Gasteiger partial charge in [-0.15, -0.1) is 0 Å². The molecule has 0 aromatic heterocycles. The summed E-state index contributed by atoms with van der Waals surface area (Å²) in [6.45, 7) is 5.97. The molecule has 150 valence electrons. The Kier molecular flexibility index (Phi) is 5.68. The quantitative estimate of drug-likeness (QED) is 0.819. The van der Waals surface area contributed by atoms with E-state index in [0.717, 1.165) is 16.9 Å². The Bertz CT molecular complexity index is 840. The molecule has 1 atom stereocenters. The van der Waals surface area contributed by atoms with Crippen LogP contribution in [0, 0.1) is 6.92 Å². The summed E-state index contributed by atoms with van der Waals surface area (Å²) in [4.78, 5) is 12.5. The van der Waals surface area contributed by atoms with Crippen molar-refractivity contribution in [1.82, 2.24) is 5.32 Å². The van der Waals surface area contributed by atoms with Gasteiger partial charge in [0.1, 0.15) is 28.6 Å². The van der Waals surface area contributed by atoms with Gasteiger partial charge in [-0.25, -0.2) is 0 Å². The van der Waals surface area contributed by atoms with E-state index in [4.69, 9.17) is 18.9 Å². The smallest absolute Gasteiger partial charge is 0.258 e. The fourth-order valence-electron chi connectivity index (χ4n) is 3.34. The molecule has 1 heterocycles. The Hall–Kier alpha value is -2.89. The average molecular weight is 385 g/mol. The molecule has 1 aliphatic heterocycles. The van der Waals surface area contributed by atoms with E-state index < -0.39 is 0 Å². The molecule has 3 rings (SSSR count). The zero-order valence-electron chi connectivity index (χ0n) is 17.0. The van der Waals surface area contributed by atoms with Crippen LogP contribution >= 0.6 is 0 Å². The van der Waals surface area contributed by atoms with Crippen LogP contribution in [-0.4, -0.2) is 32.3 Å². The van der Waals surface area contributed by atoms with Crippen LogP contribution in [0.25, 0.3) is 0 Å². The highest BCUT2D eigenvalue weighted by atomic mass is 16.5. The fraction of sp³-hybridized carbons (Fsp3) is 0.409. The maximum absolute atomic E-state index is 12.5. The van der Waals surface area contributed by atoms with Crippen LogP contribution in [-0.2, 0) is 4.79 Å². The first-order valence-electron chi connectivity index (χ1n) is 9.24. The number of aryl methyl sites for hydroxylation is 1. The van der Waals surface area contributed by atoms with E-state index >= 15 is 0 Å². The molecular formula is C22H27NO5. The molecule has 0 saturated heterocycles. The minimum absolute atomic E-state index is 0.102. The third-order valence-corrected chi connectivity index (χ3v) is 4.66. The lowest BCUT2D eigenvalue weighted by atomic mass is 9.89. The first-order valence-corrected chi connectivity index (χ1v) is 9.24. The van der Waals surface area contributed by atoms with E-state index in [1.54, 1.807) is 32.4 Å². The van der Waals surface area contributed by atoms with Crippen molar-refractivity contribution >= 4 is 5.91 Å². The Labute approximate surface area is 165 Å². The van der Waals surface area contributed by atoms with Crippen molar-refractivity contribution in [3.8, 4) is 23.0 Å². The molecule has 1 amide bonds. The molecule has 28 heavy (non-hydrogen) atoms. The van der Waals surface area contributed by atoms with Crippen LogP contribution < -0.4 is 24.3 Å². The lowest BCUT2D eigenvalue weighted by molar-refractivity contribution is -0.124. The molecule has 0 bridgehead atoms. The second-order valence-electron chi connectivity index (χ2n) is 7.56. The van der Waals surface area contributed by atoms with Crippen molar-refractivity contribution in [3.05, 3.63) is 47.5 Å². The summed E-state index contributed by atoms with van der Waals surface area (Å²) in [6, 6.07) is 11.1. The molecular weight excluding hydrogens is 358 g/mol. The van der Waals surface area contributed by atoms with Gasteiger partial charge in [-0.05, 0) is 32.4 Å². The first-order chi connectivity index (χ1) is 13.3. The molecule has 1 N–H and O–H groups in total. The highest BCUT2D eigenvalue weighted by Gasteiger charge is 2.34. The number of hydrogen-bond donors (Lipinski definition) is 1. The van der Waals surface area contributed by atoms with E-state index in [-0.39, 0.29) is 24.2 Å². The topological polar surface area (TPSA) is 66.0 Å². The number of amides is 1. The molecule has 0 fully saturated rings. The minimum atomic E-state index is -0.361. The van der Waals surface area contributed by atoms with Gasteiger partial charge in [0.05, 0.1) is 20.3 Å². The first kappa shape index (κ1) is 19.9. The SMILES string of the molecule is COc1cc(OC)cc(OCC(=O)NC2CC(C)(C)Oc3cc(C)ccc32)c1. The maximum Gasteiger partial charge on any atom is 0.258 e. The predicted molar refractivity (Wildman–Crippen MR) is 106 cm³/mol. The number of ether oxygens (including phenoxy) is 4. The summed E-state index contributed by atoms with van der Waals surface area (Å²) in [5.74, 6) is 2.33. The molecule has 1 aliphatic rings. The van der Waals surface area contributed by atoms with Crippen molar-refractivity contribution in [2.75, 3.05) is 20.8 Å². The molecule has 0 aliphatic carbocycles. The zero-order chi connectivity index (χ0) is 20.3. The summed E-state index contributed by atoms with van der Waals surface area (Å²) in [5.41, 5.74) is 1.75. The minimum Gasteiger partial charge on any atom is -0.496 e. The van der Waals surface area contributed by atoms with Crippen LogP contribution in [0.4, 0.5) is 0 Å². The average Bonchev–Trinajstić information content (AvgIpc) is 2.64. The molecule has 0 saturated carbocycles. The molecule has 2 aromatic rings. The van der Waals surface area contributed by atoms with E-state index in [2.05, 4.69) is 5.32 Å². The summed E-state index contributed by atoms with van der Waals surface area (Å²) in [6.07, 6.45) is 0.682. The van der Waals surface area contributed by atoms with Gasteiger partial charge in [0.25, 0.3) is 5.91 Å². The van der Waals surface area contributed by atoms with Gasteiger partial charge in [0.2, 0.25) is 0 Å². The van der Waals surface area contributed by atoms with E-state index in [0.29, 0.717) is 23.7 Å². The van der Waals surface area contributed by atoms with Crippen LogP contribution in [0.3, 0.4) is 0 Å². The van der Waals surface area contributed by atoms with Crippen LogP contribution in [0.15, 0.2) is 36.4 Å². The number of benzene rings is 2. The van der Waals surface area contributed by atoms with Gasteiger partial charge in [0.15, 0.2) is 6.61 Å². The van der Waals surface area contributed by atoms with Gasteiger partial charge in [-0.1, -0.05) is 12.1 Å². The lowest BCUT2D eigenvalue weighted by Crippen LogP contribution is -2.42. The number of hydrogen-bond acceptors (Lipinski definition) is 5. The van der Waals surface area contributed by atoms with Crippen molar-refractivity contribution in [1.29, 1.82) is 0 Å². The van der Waals surface area contributed by atoms with Crippen molar-refractivity contribution in [3.63, 3.8) is 0 Å². The van der Waals surface area contributed by atoms with Crippen molar-refractivity contribution in [2.45, 2.75) is 38.8 Å². The second-order valence-corrected chi connectivity index (χ2v) is 7.56. The number of carbonyl (C=O) groups excluding carboxylic acids is 1. The molecule has 6 heteroatoms. The maximum atomic E-state index is 12.5. The second kappa shape index (κ2) is 8.00. The Balaban J connectivity index is 1.68. The summed E-state index contributed by atoms with van der Waals surface area (Å²) >= 11 is 0. The number of rotatable bonds is 6. The summed E-state index contributed by atoms with van der Waals surface area (Å²) in [7, 11) is 3.13. The number of fused-ring (bicyclic) bond motifs is 1. The third-order valence-electron chi connectivity index (χ3n) is 4.66. The third kappa shape index (κ3) is 4.68. The van der Waals surface area contributed by atoms with Crippen LogP contribution in [0.2, 0.25) is 0 Å². The largest absolute Gasteiger partial charge is 0.496 e. The molecule has 0 radical (unpaired) electrons. The van der Waals surface area contributed by atoms with E-state index in [1.807, 2.05) is 39.0 Å². The molecule has 2 aromatic carbocycles.